The third-order valence-electron chi connectivity index (χ3n) is 3.28. The predicted molar refractivity (Wildman–Crippen MR) is 87.4 cm³/mol. The largest absolute Gasteiger partial charge is 0.483 e. The summed E-state index contributed by atoms with van der Waals surface area (Å²) < 4.78 is 20.5. The van der Waals surface area contributed by atoms with E-state index in [1.807, 2.05) is 6.92 Å². The van der Waals surface area contributed by atoms with Crippen LogP contribution < -0.4 is 16.0 Å². The number of ether oxygens (including phenoxy) is 1. The second kappa shape index (κ2) is 7.17. The summed E-state index contributed by atoms with van der Waals surface area (Å²) in [6.07, 6.45) is 1.65. The Morgan fingerprint density at radius 2 is 2.09 bits per heavy atom. The normalized spacial score (nSPS) is 11.9. The van der Waals surface area contributed by atoms with Crippen LogP contribution in [0, 0.1) is 11.7 Å². The highest BCUT2D eigenvalue weighted by atomic mass is 32.1. The molecule has 0 bridgehead atoms. The Hall–Kier alpha value is -2.21. The molecular formula is C16H17FN2O2S. The number of nitrogens with two attached hydrogens (primary N) is 1. The lowest BCUT2D eigenvalue weighted by molar-refractivity contribution is 0.292. The molecule has 1 aromatic carbocycles. The first-order chi connectivity index (χ1) is 10.5. The summed E-state index contributed by atoms with van der Waals surface area (Å²) >= 11 is 4.91. The van der Waals surface area contributed by atoms with Crippen LogP contribution in [-0.4, -0.2) is 9.56 Å². The minimum absolute atomic E-state index is 0.00319. The number of hydrogen-bond donors (Lipinski definition) is 1. The fourth-order valence-electron chi connectivity index (χ4n) is 1.92. The number of rotatable bonds is 6. The Labute approximate surface area is 133 Å². The van der Waals surface area contributed by atoms with E-state index in [2.05, 4.69) is 0 Å². The number of aromatic nitrogens is 1. The van der Waals surface area contributed by atoms with E-state index in [-0.39, 0.29) is 29.7 Å². The Bertz CT molecular complexity index is 730. The fourth-order valence-corrected chi connectivity index (χ4v) is 2.00. The third kappa shape index (κ3) is 3.92. The first kappa shape index (κ1) is 16.2. The molecule has 0 amide bonds. The molecule has 1 atom stereocenters. The van der Waals surface area contributed by atoms with Gasteiger partial charge in [-0.2, -0.15) is 0 Å². The molecule has 2 aromatic rings. The van der Waals surface area contributed by atoms with Gasteiger partial charge in [-0.15, -0.1) is 0 Å². The highest BCUT2D eigenvalue weighted by molar-refractivity contribution is 7.80. The standard InChI is InChI=1S/C16H17FN2O2S/c1-11(15(18)22)9-19-8-4-7-14(16(19)20)21-10-12-5-2-3-6-13(12)17/h2-8,11H,9-10H2,1H3,(H2,18,22). The van der Waals surface area contributed by atoms with E-state index in [9.17, 15) is 9.18 Å². The summed E-state index contributed by atoms with van der Waals surface area (Å²) in [5.41, 5.74) is 5.67. The van der Waals surface area contributed by atoms with Crippen molar-refractivity contribution in [3.05, 3.63) is 64.3 Å². The molecule has 1 heterocycles. The van der Waals surface area contributed by atoms with Gasteiger partial charge in [-0.05, 0) is 18.2 Å². The summed E-state index contributed by atoms with van der Waals surface area (Å²) in [5.74, 6) is -0.295. The van der Waals surface area contributed by atoms with E-state index in [0.717, 1.165) is 0 Å². The Kier molecular flexibility index (Phi) is 5.27. The zero-order valence-electron chi connectivity index (χ0n) is 12.2. The van der Waals surface area contributed by atoms with Gasteiger partial charge >= 0.3 is 0 Å². The van der Waals surface area contributed by atoms with Crippen LogP contribution in [0.5, 0.6) is 5.75 Å². The van der Waals surface area contributed by atoms with Gasteiger partial charge in [0.15, 0.2) is 5.75 Å². The van der Waals surface area contributed by atoms with Gasteiger partial charge in [0.25, 0.3) is 5.56 Å². The zero-order chi connectivity index (χ0) is 16.1. The maximum absolute atomic E-state index is 13.5. The predicted octanol–water partition coefficient (Wildman–Crippen LogP) is 2.49. The molecule has 0 aliphatic carbocycles. The van der Waals surface area contributed by atoms with Crippen LogP contribution in [-0.2, 0) is 13.2 Å². The molecular weight excluding hydrogens is 303 g/mol. The van der Waals surface area contributed by atoms with Crippen LogP contribution in [0.25, 0.3) is 0 Å². The van der Waals surface area contributed by atoms with Crippen LogP contribution in [0.1, 0.15) is 12.5 Å². The summed E-state index contributed by atoms with van der Waals surface area (Å²) in [6.45, 7) is 2.23. The lowest BCUT2D eigenvalue weighted by atomic mass is 10.2. The SMILES string of the molecule is CC(Cn1cccc(OCc2ccccc2F)c1=O)C(N)=S. The molecule has 22 heavy (non-hydrogen) atoms. The molecule has 116 valence electrons. The second-order valence-electron chi connectivity index (χ2n) is 5.01. The molecule has 0 aliphatic heterocycles. The van der Waals surface area contributed by atoms with Crippen LogP contribution >= 0.6 is 12.2 Å². The van der Waals surface area contributed by atoms with Crippen molar-refractivity contribution in [3.63, 3.8) is 0 Å². The van der Waals surface area contributed by atoms with Crippen molar-refractivity contribution in [1.82, 2.24) is 4.57 Å². The van der Waals surface area contributed by atoms with Crippen LogP contribution in [0.2, 0.25) is 0 Å². The Balaban J connectivity index is 2.14. The Morgan fingerprint density at radius 1 is 1.36 bits per heavy atom. The number of nitrogens with zero attached hydrogens (tertiary/aromatic N) is 1. The van der Waals surface area contributed by atoms with Crippen LogP contribution in [0.15, 0.2) is 47.4 Å². The van der Waals surface area contributed by atoms with Gasteiger partial charge in [-0.25, -0.2) is 4.39 Å². The van der Waals surface area contributed by atoms with E-state index in [4.69, 9.17) is 22.7 Å². The Morgan fingerprint density at radius 3 is 2.77 bits per heavy atom. The van der Waals surface area contributed by atoms with E-state index in [1.54, 1.807) is 36.5 Å². The van der Waals surface area contributed by atoms with Gasteiger partial charge in [0.2, 0.25) is 0 Å². The maximum Gasteiger partial charge on any atom is 0.292 e. The van der Waals surface area contributed by atoms with Crippen LogP contribution in [0.3, 0.4) is 0 Å². The maximum atomic E-state index is 13.5. The first-order valence-electron chi connectivity index (χ1n) is 6.84. The lowest BCUT2D eigenvalue weighted by Gasteiger charge is -2.13. The van der Waals surface area contributed by atoms with Crippen molar-refractivity contribution in [1.29, 1.82) is 0 Å². The number of pyridine rings is 1. The highest BCUT2D eigenvalue weighted by Crippen LogP contribution is 2.11. The molecule has 0 fully saturated rings. The van der Waals surface area contributed by atoms with Gasteiger partial charge in [-0.1, -0.05) is 37.3 Å². The molecule has 4 nitrogen and oxygen atoms in total. The van der Waals surface area contributed by atoms with Crippen molar-refractivity contribution in [2.24, 2.45) is 11.7 Å². The summed E-state index contributed by atoms with van der Waals surface area (Å²) in [7, 11) is 0. The van der Waals surface area contributed by atoms with Crippen molar-refractivity contribution >= 4 is 17.2 Å². The molecule has 2 N–H and O–H groups in total. The molecule has 0 saturated heterocycles. The molecule has 1 aromatic heterocycles. The van der Waals surface area contributed by atoms with Crippen LogP contribution in [0.4, 0.5) is 4.39 Å². The van der Waals surface area contributed by atoms with Crippen molar-refractivity contribution in [2.45, 2.75) is 20.1 Å². The molecule has 6 heteroatoms. The van der Waals surface area contributed by atoms with E-state index in [1.165, 1.54) is 10.6 Å². The molecule has 0 saturated carbocycles. The van der Waals surface area contributed by atoms with E-state index < -0.39 is 0 Å². The minimum Gasteiger partial charge on any atom is -0.483 e. The molecule has 1 unspecified atom stereocenters. The number of benzene rings is 1. The third-order valence-corrected chi connectivity index (χ3v) is 3.68. The van der Waals surface area contributed by atoms with Gasteiger partial charge in [0.1, 0.15) is 12.4 Å². The van der Waals surface area contributed by atoms with Crippen molar-refractivity contribution in [2.75, 3.05) is 0 Å². The lowest BCUT2D eigenvalue weighted by Crippen LogP contribution is -2.29. The summed E-state index contributed by atoms with van der Waals surface area (Å²) in [5, 5.41) is 0. The smallest absolute Gasteiger partial charge is 0.292 e. The zero-order valence-corrected chi connectivity index (χ0v) is 13.0. The summed E-state index contributed by atoms with van der Waals surface area (Å²) in [6, 6.07) is 9.55. The van der Waals surface area contributed by atoms with E-state index >= 15 is 0 Å². The van der Waals surface area contributed by atoms with Crippen molar-refractivity contribution < 1.29 is 9.13 Å². The second-order valence-corrected chi connectivity index (χ2v) is 5.48. The van der Waals surface area contributed by atoms with Gasteiger partial charge in [0, 0.05) is 24.2 Å². The number of hydrogen-bond acceptors (Lipinski definition) is 3. The monoisotopic (exact) mass is 320 g/mol. The average molecular weight is 320 g/mol. The quantitative estimate of drug-likeness (QED) is 0.831. The number of halogens is 1. The number of thiocarbonyl (C=S) groups is 1. The van der Waals surface area contributed by atoms with Gasteiger partial charge in [0.05, 0.1) is 4.99 Å². The molecule has 0 spiro atoms. The topological polar surface area (TPSA) is 57.2 Å². The van der Waals surface area contributed by atoms with Crippen molar-refractivity contribution in [3.8, 4) is 5.75 Å². The van der Waals surface area contributed by atoms with Gasteiger partial charge < -0.3 is 15.0 Å². The summed E-state index contributed by atoms with van der Waals surface area (Å²) in [4.78, 5) is 12.6. The highest BCUT2D eigenvalue weighted by Gasteiger charge is 2.10. The first-order valence-corrected chi connectivity index (χ1v) is 7.25. The fraction of sp³-hybridized carbons (Fsp3) is 0.250. The average Bonchev–Trinajstić information content (AvgIpc) is 2.49. The van der Waals surface area contributed by atoms with Gasteiger partial charge in [-0.3, -0.25) is 4.79 Å². The van der Waals surface area contributed by atoms with E-state index in [0.29, 0.717) is 17.1 Å². The molecule has 0 aliphatic rings. The molecule has 2 rings (SSSR count). The minimum atomic E-state index is -0.360. The molecule has 0 radical (unpaired) electrons.